The van der Waals surface area contributed by atoms with Crippen LogP contribution in [-0.2, 0) is 6.54 Å². The van der Waals surface area contributed by atoms with Crippen molar-refractivity contribution >= 4 is 17.5 Å². The minimum Gasteiger partial charge on any atom is -0.491 e. The second kappa shape index (κ2) is 8.54. The Hall–Kier alpha value is -3.08. The molecule has 0 aliphatic rings. The minimum absolute atomic E-state index is 0.158. The van der Waals surface area contributed by atoms with Crippen molar-refractivity contribution in [3.05, 3.63) is 71.4 Å². The van der Waals surface area contributed by atoms with E-state index in [9.17, 15) is 0 Å². The fraction of sp³-hybridized carbons (Fsp3) is 0.273. The predicted molar refractivity (Wildman–Crippen MR) is 111 cm³/mol. The lowest BCUT2D eigenvalue weighted by atomic mass is 10.1. The molecule has 0 saturated carbocycles. The Morgan fingerprint density at radius 2 is 1.70 bits per heavy atom. The van der Waals surface area contributed by atoms with Crippen LogP contribution in [0.4, 0.5) is 17.5 Å². The third-order valence-corrected chi connectivity index (χ3v) is 4.06. The molecule has 2 N–H and O–H groups in total. The molecule has 1 heterocycles. The fourth-order valence-electron chi connectivity index (χ4n) is 2.73. The summed E-state index contributed by atoms with van der Waals surface area (Å²) in [6.45, 7) is 8.83. The standard InChI is InChI=1S/C22H26N4O/c1-15(2)27-20-11-9-19(10-12-20)25-22-24-17(4)13-21(26-22)23-14-18-8-6-5-7-16(18)3/h5-13,15H,14H2,1-4H3,(H2,23,24,25,26). The van der Waals surface area contributed by atoms with Gasteiger partial charge in [0.1, 0.15) is 11.6 Å². The summed E-state index contributed by atoms with van der Waals surface area (Å²) in [5, 5.41) is 6.65. The van der Waals surface area contributed by atoms with Crippen LogP contribution < -0.4 is 15.4 Å². The van der Waals surface area contributed by atoms with Crippen LogP contribution in [0.2, 0.25) is 0 Å². The van der Waals surface area contributed by atoms with Crippen LogP contribution in [0.25, 0.3) is 0 Å². The molecule has 5 heteroatoms. The highest BCUT2D eigenvalue weighted by atomic mass is 16.5. The molecule has 0 amide bonds. The number of nitrogens with one attached hydrogen (secondary N) is 2. The van der Waals surface area contributed by atoms with Crippen LogP contribution in [0, 0.1) is 13.8 Å². The maximum Gasteiger partial charge on any atom is 0.229 e. The van der Waals surface area contributed by atoms with Gasteiger partial charge in [-0.2, -0.15) is 4.98 Å². The van der Waals surface area contributed by atoms with Gasteiger partial charge in [-0.25, -0.2) is 4.98 Å². The highest BCUT2D eigenvalue weighted by Crippen LogP contribution is 2.20. The number of aromatic nitrogens is 2. The molecule has 140 valence electrons. The number of nitrogens with zero attached hydrogens (tertiary/aromatic N) is 2. The van der Waals surface area contributed by atoms with Gasteiger partial charge in [-0.3, -0.25) is 0 Å². The van der Waals surface area contributed by atoms with Crippen LogP contribution in [0.3, 0.4) is 0 Å². The molecule has 0 atom stereocenters. The molecule has 27 heavy (non-hydrogen) atoms. The first-order valence-electron chi connectivity index (χ1n) is 9.17. The second-order valence-corrected chi connectivity index (χ2v) is 6.81. The van der Waals surface area contributed by atoms with E-state index < -0.39 is 0 Å². The van der Waals surface area contributed by atoms with E-state index in [1.54, 1.807) is 0 Å². The van der Waals surface area contributed by atoms with Gasteiger partial charge in [0.05, 0.1) is 6.10 Å². The summed E-state index contributed by atoms with van der Waals surface area (Å²) < 4.78 is 5.67. The minimum atomic E-state index is 0.158. The van der Waals surface area contributed by atoms with Gasteiger partial charge in [0.15, 0.2) is 0 Å². The fourth-order valence-corrected chi connectivity index (χ4v) is 2.73. The summed E-state index contributed by atoms with van der Waals surface area (Å²) in [6, 6.07) is 18.1. The van der Waals surface area contributed by atoms with E-state index >= 15 is 0 Å². The number of ether oxygens (including phenoxy) is 1. The Morgan fingerprint density at radius 3 is 2.41 bits per heavy atom. The van der Waals surface area contributed by atoms with E-state index in [1.165, 1.54) is 11.1 Å². The lowest BCUT2D eigenvalue weighted by Crippen LogP contribution is -2.07. The molecule has 5 nitrogen and oxygen atoms in total. The first-order valence-corrected chi connectivity index (χ1v) is 9.17. The summed E-state index contributed by atoms with van der Waals surface area (Å²) in [5.74, 6) is 2.22. The molecule has 0 aliphatic heterocycles. The number of benzene rings is 2. The normalized spacial score (nSPS) is 10.7. The molecular formula is C22H26N4O. The van der Waals surface area contributed by atoms with Gasteiger partial charge in [-0.15, -0.1) is 0 Å². The zero-order valence-corrected chi connectivity index (χ0v) is 16.3. The number of aryl methyl sites for hydroxylation is 2. The molecule has 0 spiro atoms. The van der Waals surface area contributed by atoms with Crippen molar-refractivity contribution in [3.8, 4) is 5.75 Å². The molecule has 0 bridgehead atoms. The monoisotopic (exact) mass is 362 g/mol. The molecule has 0 fully saturated rings. The topological polar surface area (TPSA) is 59.1 Å². The molecule has 0 unspecified atom stereocenters. The van der Waals surface area contributed by atoms with Crippen LogP contribution in [0.15, 0.2) is 54.6 Å². The Balaban J connectivity index is 1.68. The van der Waals surface area contributed by atoms with Crippen LogP contribution >= 0.6 is 0 Å². The van der Waals surface area contributed by atoms with Crippen molar-refractivity contribution in [1.29, 1.82) is 0 Å². The summed E-state index contributed by atoms with van der Waals surface area (Å²) >= 11 is 0. The number of hydrogen-bond acceptors (Lipinski definition) is 5. The zero-order valence-electron chi connectivity index (χ0n) is 16.3. The predicted octanol–water partition coefficient (Wildman–Crippen LogP) is 5.24. The van der Waals surface area contributed by atoms with Crippen LogP contribution in [-0.4, -0.2) is 16.1 Å². The van der Waals surface area contributed by atoms with Gasteiger partial charge in [0, 0.05) is 24.0 Å². The van der Waals surface area contributed by atoms with E-state index in [0.29, 0.717) is 5.95 Å². The summed E-state index contributed by atoms with van der Waals surface area (Å²) in [7, 11) is 0. The van der Waals surface area contributed by atoms with Crippen LogP contribution in [0.1, 0.15) is 30.7 Å². The highest BCUT2D eigenvalue weighted by Gasteiger charge is 2.05. The summed E-state index contributed by atoms with van der Waals surface area (Å²) in [5.41, 5.74) is 4.34. The lowest BCUT2D eigenvalue weighted by molar-refractivity contribution is 0.242. The van der Waals surface area contributed by atoms with Crippen molar-refractivity contribution in [2.24, 2.45) is 0 Å². The van der Waals surface area contributed by atoms with E-state index in [4.69, 9.17) is 4.74 Å². The van der Waals surface area contributed by atoms with Gasteiger partial charge in [0.2, 0.25) is 5.95 Å². The van der Waals surface area contributed by atoms with Crippen molar-refractivity contribution in [1.82, 2.24) is 9.97 Å². The first kappa shape index (κ1) is 18.7. The van der Waals surface area contributed by atoms with Gasteiger partial charge in [-0.1, -0.05) is 24.3 Å². The van der Waals surface area contributed by atoms with Gasteiger partial charge >= 0.3 is 0 Å². The SMILES string of the molecule is Cc1cc(NCc2ccccc2C)nc(Nc2ccc(OC(C)C)cc2)n1. The van der Waals surface area contributed by atoms with E-state index in [0.717, 1.165) is 29.5 Å². The number of hydrogen-bond donors (Lipinski definition) is 2. The maximum atomic E-state index is 5.67. The Morgan fingerprint density at radius 1 is 0.963 bits per heavy atom. The third kappa shape index (κ3) is 5.45. The van der Waals surface area contributed by atoms with E-state index in [1.807, 2.05) is 57.2 Å². The molecule has 0 aliphatic carbocycles. The summed E-state index contributed by atoms with van der Waals surface area (Å²) in [6.07, 6.45) is 0.158. The van der Waals surface area contributed by atoms with Crippen LogP contribution in [0.5, 0.6) is 5.75 Å². The average molecular weight is 362 g/mol. The smallest absolute Gasteiger partial charge is 0.229 e. The zero-order chi connectivity index (χ0) is 19.2. The molecule has 3 aromatic rings. The van der Waals surface area contributed by atoms with Gasteiger partial charge < -0.3 is 15.4 Å². The molecule has 3 rings (SSSR count). The summed E-state index contributed by atoms with van der Waals surface area (Å²) in [4.78, 5) is 9.06. The lowest BCUT2D eigenvalue weighted by Gasteiger charge is -2.12. The third-order valence-electron chi connectivity index (χ3n) is 4.06. The maximum absolute atomic E-state index is 5.67. The van der Waals surface area contributed by atoms with E-state index in [2.05, 4.69) is 45.7 Å². The molecular weight excluding hydrogens is 336 g/mol. The van der Waals surface area contributed by atoms with Crippen molar-refractivity contribution in [3.63, 3.8) is 0 Å². The van der Waals surface area contributed by atoms with Crippen molar-refractivity contribution in [2.45, 2.75) is 40.3 Å². The van der Waals surface area contributed by atoms with Gasteiger partial charge in [0.25, 0.3) is 0 Å². The second-order valence-electron chi connectivity index (χ2n) is 6.81. The Bertz CT molecular complexity index is 891. The highest BCUT2D eigenvalue weighted by molar-refractivity contribution is 5.56. The quantitative estimate of drug-likeness (QED) is 0.602. The van der Waals surface area contributed by atoms with Crippen molar-refractivity contribution < 1.29 is 4.74 Å². The molecule has 1 aromatic heterocycles. The Labute approximate surface area is 160 Å². The first-order chi connectivity index (χ1) is 13.0. The molecule has 0 saturated heterocycles. The largest absolute Gasteiger partial charge is 0.491 e. The van der Waals surface area contributed by atoms with E-state index in [-0.39, 0.29) is 6.10 Å². The van der Waals surface area contributed by atoms with Gasteiger partial charge in [-0.05, 0) is 63.1 Å². The Kier molecular flexibility index (Phi) is 5.91. The molecule has 2 aromatic carbocycles. The molecule has 0 radical (unpaired) electrons. The average Bonchev–Trinajstić information content (AvgIpc) is 2.62. The number of anilines is 3. The number of rotatable bonds is 7. The van der Waals surface area contributed by atoms with Crippen molar-refractivity contribution in [2.75, 3.05) is 10.6 Å².